The molecule has 0 saturated carbocycles. The van der Waals surface area contributed by atoms with E-state index in [4.69, 9.17) is 4.74 Å². The molecule has 0 spiro atoms. The van der Waals surface area contributed by atoms with Crippen LogP contribution in [-0.2, 0) is 4.74 Å². The minimum absolute atomic E-state index is 0.355. The molecule has 0 aliphatic carbocycles. The number of hydrogen-bond acceptors (Lipinski definition) is 5. The Morgan fingerprint density at radius 1 is 1.43 bits per heavy atom. The SMILES string of the molecule is C=C/C=C(\C=NC)OC(=O)c1ccc(-c2cccnc2)s1. The first kappa shape index (κ1) is 14.9. The Labute approximate surface area is 127 Å². The summed E-state index contributed by atoms with van der Waals surface area (Å²) in [5.41, 5.74) is 0.971. The van der Waals surface area contributed by atoms with Gasteiger partial charge in [-0.15, -0.1) is 11.3 Å². The van der Waals surface area contributed by atoms with Crippen molar-refractivity contribution in [2.75, 3.05) is 7.05 Å². The van der Waals surface area contributed by atoms with Gasteiger partial charge in [0.15, 0.2) is 0 Å². The van der Waals surface area contributed by atoms with Crippen molar-refractivity contribution in [2.45, 2.75) is 0 Å². The number of ether oxygens (including phenoxy) is 1. The van der Waals surface area contributed by atoms with Crippen molar-refractivity contribution in [3.05, 3.63) is 66.0 Å². The largest absolute Gasteiger partial charge is 0.421 e. The average Bonchev–Trinajstić information content (AvgIpc) is 2.98. The minimum Gasteiger partial charge on any atom is -0.421 e. The van der Waals surface area contributed by atoms with Crippen molar-refractivity contribution in [3.8, 4) is 10.4 Å². The lowest BCUT2D eigenvalue weighted by molar-refractivity contribution is 0.0651. The van der Waals surface area contributed by atoms with Crippen LogP contribution in [0.4, 0.5) is 0 Å². The van der Waals surface area contributed by atoms with Crippen LogP contribution in [0.5, 0.6) is 0 Å². The van der Waals surface area contributed by atoms with E-state index in [2.05, 4.69) is 16.6 Å². The molecule has 0 aliphatic rings. The minimum atomic E-state index is -0.414. The molecule has 4 nitrogen and oxygen atoms in total. The number of carbonyl (C=O) groups is 1. The lowest BCUT2D eigenvalue weighted by Gasteiger charge is -2.01. The van der Waals surface area contributed by atoms with Gasteiger partial charge in [-0.2, -0.15) is 0 Å². The van der Waals surface area contributed by atoms with Crippen LogP contribution in [0.2, 0.25) is 0 Å². The molecule has 0 aliphatic heterocycles. The number of carbonyl (C=O) groups excluding carboxylic acids is 1. The Hall–Kier alpha value is -2.53. The van der Waals surface area contributed by atoms with Crippen LogP contribution in [0, 0.1) is 0 Å². The summed E-state index contributed by atoms with van der Waals surface area (Å²) < 4.78 is 5.26. The summed E-state index contributed by atoms with van der Waals surface area (Å²) in [5.74, 6) is -0.0584. The molecule has 0 radical (unpaired) electrons. The molecule has 0 aromatic carbocycles. The smallest absolute Gasteiger partial charge is 0.353 e. The molecular weight excluding hydrogens is 284 g/mol. The molecule has 0 unspecified atom stereocenters. The number of esters is 1. The summed E-state index contributed by atoms with van der Waals surface area (Å²) >= 11 is 1.36. The van der Waals surface area contributed by atoms with Crippen LogP contribution in [0.25, 0.3) is 10.4 Å². The zero-order chi connectivity index (χ0) is 15.1. The Morgan fingerprint density at radius 3 is 2.95 bits per heavy atom. The molecule has 2 aromatic heterocycles. The van der Waals surface area contributed by atoms with Crippen LogP contribution in [0.15, 0.2) is 66.1 Å². The predicted molar refractivity (Wildman–Crippen MR) is 85.7 cm³/mol. The van der Waals surface area contributed by atoms with E-state index in [0.29, 0.717) is 10.6 Å². The summed E-state index contributed by atoms with van der Waals surface area (Å²) in [6.07, 6.45) is 8.06. The highest BCUT2D eigenvalue weighted by atomic mass is 32.1. The molecule has 0 fully saturated rings. The first-order chi connectivity index (χ1) is 10.2. The molecule has 0 amide bonds. The van der Waals surface area contributed by atoms with E-state index in [1.54, 1.807) is 37.7 Å². The summed E-state index contributed by atoms with van der Waals surface area (Å²) in [7, 11) is 1.61. The molecule has 2 heterocycles. The fraction of sp³-hybridized carbons (Fsp3) is 0.0625. The van der Waals surface area contributed by atoms with Crippen LogP contribution >= 0.6 is 11.3 Å². The van der Waals surface area contributed by atoms with Gasteiger partial charge in [-0.25, -0.2) is 4.79 Å². The predicted octanol–water partition coefficient (Wildman–Crippen LogP) is 3.74. The number of nitrogens with zero attached hydrogens (tertiary/aromatic N) is 2. The lowest BCUT2D eigenvalue weighted by atomic mass is 10.2. The third kappa shape index (κ3) is 3.97. The van der Waals surface area contributed by atoms with E-state index >= 15 is 0 Å². The number of aromatic nitrogens is 1. The summed E-state index contributed by atoms with van der Waals surface area (Å²) in [6, 6.07) is 7.42. The van der Waals surface area contributed by atoms with Gasteiger partial charge >= 0.3 is 5.97 Å². The molecule has 2 aromatic rings. The van der Waals surface area contributed by atoms with Crippen molar-refractivity contribution in [1.82, 2.24) is 4.98 Å². The highest BCUT2D eigenvalue weighted by Crippen LogP contribution is 2.28. The molecule has 21 heavy (non-hydrogen) atoms. The standard InChI is InChI=1S/C16H14N2O2S/c1-3-5-13(11-17-2)20-16(19)15-8-7-14(21-15)12-6-4-9-18-10-12/h3-11H,1H2,2H3/b13-5+,17-11?. The zero-order valence-electron chi connectivity index (χ0n) is 11.5. The second-order valence-electron chi connectivity index (χ2n) is 3.99. The molecule has 5 heteroatoms. The first-order valence-electron chi connectivity index (χ1n) is 6.22. The third-order valence-electron chi connectivity index (χ3n) is 2.50. The van der Waals surface area contributed by atoms with Gasteiger partial charge in [0.05, 0.1) is 6.21 Å². The van der Waals surface area contributed by atoms with Crippen LogP contribution in [0.3, 0.4) is 0 Å². The molecular formula is C16H14N2O2S. The van der Waals surface area contributed by atoms with Gasteiger partial charge in [0.25, 0.3) is 0 Å². The third-order valence-corrected chi connectivity index (χ3v) is 3.62. The maximum Gasteiger partial charge on any atom is 0.353 e. The fourth-order valence-corrected chi connectivity index (χ4v) is 2.49. The second-order valence-corrected chi connectivity index (χ2v) is 5.07. The normalized spacial score (nSPS) is 11.6. The van der Waals surface area contributed by atoms with Crippen molar-refractivity contribution in [1.29, 1.82) is 0 Å². The highest BCUT2D eigenvalue weighted by molar-refractivity contribution is 7.17. The van der Waals surface area contributed by atoms with Crippen molar-refractivity contribution >= 4 is 23.5 Å². The van der Waals surface area contributed by atoms with E-state index < -0.39 is 5.97 Å². The molecule has 0 N–H and O–H groups in total. The van der Waals surface area contributed by atoms with Crippen molar-refractivity contribution < 1.29 is 9.53 Å². The molecule has 106 valence electrons. The Bertz CT molecular complexity index is 687. The van der Waals surface area contributed by atoms with Crippen LogP contribution in [0.1, 0.15) is 9.67 Å². The van der Waals surface area contributed by atoms with E-state index in [-0.39, 0.29) is 0 Å². The van der Waals surface area contributed by atoms with Crippen LogP contribution in [-0.4, -0.2) is 24.2 Å². The topological polar surface area (TPSA) is 51.5 Å². The molecule has 2 rings (SSSR count). The number of hydrogen-bond donors (Lipinski definition) is 0. The number of aliphatic imine (C=N–C) groups is 1. The summed E-state index contributed by atoms with van der Waals surface area (Å²) in [5, 5.41) is 0. The van der Waals surface area contributed by atoms with Gasteiger partial charge in [-0.3, -0.25) is 9.98 Å². The van der Waals surface area contributed by atoms with Crippen molar-refractivity contribution in [3.63, 3.8) is 0 Å². The van der Waals surface area contributed by atoms with Gasteiger partial charge < -0.3 is 4.74 Å². The van der Waals surface area contributed by atoms with Gasteiger partial charge in [0, 0.05) is 29.9 Å². The van der Waals surface area contributed by atoms with Gasteiger partial charge in [0.1, 0.15) is 10.6 Å². The van der Waals surface area contributed by atoms with Gasteiger partial charge in [-0.1, -0.05) is 18.7 Å². The zero-order valence-corrected chi connectivity index (χ0v) is 12.3. The highest BCUT2D eigenvalue weighted by Gasteiger charge is 2.13. The van der Waals surface area contributed by atoms with Crippen molar-refractivity contribution in [2.24, 2.45) is 4.99 Å². The number of thiophene rings is 1. The molecule has 0 bridgehead atoms. The monoisotopic (exact) mass is 298 g/mol. The van der Waals surface area contributed by atoms with E-state index in [9.17, 15) is 4.79 Å². The number of rotatable bonds is 5. The van der Waals surface area contributed by atoms with E-state index in [0.717, 1.165) is 10.4 Å². The molecule has 0 saturated heterocycles. The fourth-order valence-electron chi connectivity index (χ4n) is 1.62. The Morgan fingerprint density at radius 2 is 2.29 bits per heavy atom. The van der Waals surface area contributed by atoms with Gasteiger partial charge in [0.2, 0.25) is 0 Å². The second kappa shape index (κ2) is 7.31. The van der Waals surface area contributed by atoms with Crippen LogP contribution < -0.4 is 0 Å². The molecule has 0 atom stereocenters. The lowest BCUT2D eigenvalue weighted by Crippen LogP contribution is -2.03. The van der Waals surface area contributed by atoms with E-state index in [1.165, 1.54) is 17.6 Å². The Balaban J connectivity index is 2.16. The summed E-state index contributed by atoms with van der Waals surface area (Å²) in [4.78, 5) is 21.5. The Kier molecular flexibility index (Phi) is 5.17. The van der Waals surface area contributed by atoms with E-state index in [1.807, 2.05) is 18.2 Å². The average molecular weight is 298 g/mol. The maximum atomic E-state index is 12.1. The summed E-state index contributed by atoms with van der Waals surface area (Å²) in [6.45, 7) is 3.57. The van der Waals surface area contributed by atoms with Gasteiger partial charge in [-0.05, 0) is 24.3 Å². The quantitative estimate of drug-likeness (QED) is 0.366. The number of pyridine rings is 1. The maximum absolute atomic E-state index is 12.1. The number of allylic oxidation sites excluding steroid dienone is 3. The first-order valence-corrected chi connectivity index (χ1v) is 7.03.